The van der Waals surface area contributed by atoms with Gasteiger partial charge in [-0.3, -0.25) is 14.2 Å². The summed E-state index contributed by atoms with van der Waals surface area (Å²) in [4.78, 5) is 24.4. The predicted molar refractivity (Wildman–Crippen MR) is 101 cm³/mol. The van der Waals surface area contributed by atoms with Gasteiger partial charge in [0.25, 0.3) is 7.52 Å². The van der Waals surface area contributed by atoms with Gasteiger partial charge in [-0.05, 0) is 18.1 Å². The Kier molecular flexibility index (Phi) is 8.95. The molecule has 1 fully saturated rings. The van der Waals surface area contributed by atoms with Crippen LogP contribution in [0.1, 0.15) is 40.0 Å². The summed E-state index contributed by atoms with van der Waals surface area (Å²) in [6.45, 7) is 8.61. The third-order valence-electron chi connectivity index (χ3n) is 3.81. The monoisotopic (exact) mass is 394 g/mol. The van der Waals surface area contributed by atoms with Crippen LogP contribution in [0.4, 0.5) is 0 Å². The summed E-state index contributed by atoms with van der Waals surface area (Å²) < 4.78 is 21.0. The first-order valence-corrected chi connectivity index (χ1v) is 11.7. The van der Waals surface area contributed by atoms with Gasteiger partial charge >= 0.3 is 5.97 Å². The largest absolute Gasteiger partial charge is 0.481 e. The van der Waals surface area contributed by atoms with Crippen LogP contribution in [0.2, 0.25) is 0 Å². The zero-order valence-corrected chi connectivity index (χ0v) is 17.4. The average Bonchev–Trinajstić information content (AvgIpc) is 2.52. The van der Waals surface area contributed by atoms with E-state index in [0.717, 1.165) is 0 Å². The molecule has 146 valence electrons. The van der Waals surface area contributed by atoms with Gasteiger partial charge < -0.3 is 14.5 Å². The van der Waals surface area contributed by atoms with Crippen molar-refractivity contribution in [3.63, 3.8) is 0 Å². The predicted octanol–water partition coefficient (Wildman–Crippen LogP) is 2.96. The molecule has 7 nitrogen and oxygen atoms in total. The molecule has 1 N–H and O–H groups in total. The minimum Gasteiger partial charge on any atom is -0.481 e. The van der Waals surface area contributed by atoms with Crippen molar-refractivity contribution in [2.45, 2.75) is 40.0 Å². The molecule has 9 heteroatoms. The van der Waals surface area contributed by atoms with Gasteiger partial charge in [-0.25, -0.2) is 4.67 Å². The highest BCUT2D eigenvalue weighted by molar-refractivity contribution is 8.04. The Bertz CT molecular complexity index is 501. The maximum absolute atomic E-state index is 13.3. The van der Waals surface area contributed by atoms with Crippen LogP contribution in [0.3, 0.4) is 0 Å². The Hall–Kier alpha value is -0.560. The molecule has 1 aliphatic heterocycles. The molecule has 0 radical (unpaired) electrons. The van der Waals surface area contributed by atoms with Crippen LogP contribution >= 0.6 is 19.3 Å². The molecule has 1 saturated heterocycles. The Morgan fingerprint density at radius 2 is 1.76 bits per heavy atom. The lowest BCUT2D eigenvalue weighted by Gasteiger charge is -2.39. The van der Waals surface area contributed by atoms with Crippen LogP contribution < -0.4 is 0 Å². The zero-order chi connectivity index (χ0) is 19.1. The molecule has 1 amide bonds. The first-order chi connectivity index (χ1) is 11.6. The van der Waals surface area contributed by atoms with Gasteiger partial charge in [0.2, 0.25) is 5.91 Å². The molecular weight excluding hydrogens is 363 g/mol. The van der Waals surface area contributed by atoms with Crippen molar-refractivity contribution in [2.75, 3.05) is 44.5 Å². The standard InChI is InChI=1S/C16H31N2O5PS/c1-16(2,3)12-23-24(22,13-25-4)18-10-8-17(9-11-18)14(19)6-5-7-15(20)21/h5-13H2,1-4H3,(H,20,21). The highest BCUT2D eigenvalue weighted by atomic mass is 32.2. The van der Waals surface area contributed by atoms with Crippen molar-refractivity contribution < 1.29 is 23.8 Å². The average molecular weight is 394 g/mol. The van der Waals surface area contributed by atoms with E-state index in [9.17, 15) is 14.2 Å². The van der Waals surface area contributed by atoms with E-state index in [2.05, 4.69) is 0 Å². The van der Waals surface area contributed by atoms with Gasteiger partial charge in [0.15, 0.2) is 0 Å². The third-order valence-corrected chi connectivity index (χ3v) is 7.94. The summed E-state index contributed by atoms with van der Waals surface area (Å²) in [7, 11) is -2.90. The molecule has 1 aliphatic rings. The van der Waals surface area contributed by atoms with Crippen molar-refractivity contribution in [1.29, 1.82) is 0 Å². The van der Waals surface area contributed by atoms with Crippen LogP contribution in [0.5, 0.6) is 0 Å². The van der Waals surface area contributed by atoms with Crippen molar-refractivity contribution >= 4 is 31.2 Å². The molecule has 0 aliphatic carbocycles. The molecule has 1 heterocycles. The second kappa shape index (κ2) is 9.95. The smallest absolute Gasteiger partial charge is 0.303 e. The van der Waals surface area contributed by atoms with E-state index >= 15 is 0 Å². The summed E-state index contributed by atoms with van der Waals surface area (Å²) >= 11 is 1.51. The fraction of sp³-hybridized carbons (Fsp3) is 0.875. The SMILES string of the molecule is CSCP(=O)(OCC(C)(C)C)N1CCN(C(=O)CCCC(=O)O)CC1. The number of hydrogen-bond acceptors (Lipinski definition) is 5. The number of carboxylic acid groups (broad SMARTS) is 1. The first kappa shape index (κ1) is 22.5. The number of piperazine rings is 1. The maximum atomic E-state index is 13.3. The van der Waals surface area contributed by atoms with E-state index in [4.69, 9.17) is 9.63 Å². The normalized spacial score (nSPS) is 18.8. The van der Waals surface area contributed by atoms with Gasteiger partial charge in [0.05, 0.1) is 12.1 Å². The molecule has 0 aromatic heterocycles. The number of carboxylic acids is 1. The highest BCUT2D eigenvalue weighted by Crippen LogP contribution is 2.54. The number of carbonyl (C=O) groups is 2. The zero-order valence-electron chi connectivity index (χ0n) is 15.7. The topological polar surface area (TPSA) is 87.2 Å². The summed E-state index contributed by atoms with van der Waals surface area (Å²) in [5.74, 6) is -0.914. The summed E-state index contributed by atoms with van der Waals surface area (Å²) in [6.07, 6.45) is 2.52. The van der Waals surface area contributed by atoms with Crippen molar-refractivity contribution in [2.24, 2.45) is 5.41 Å². The van der Waals surface area contributed by atoms with Gasteiger partial charge in [-0.2, -0.15) is 11.8 Å². The minimum atomic E-state index is -2.90. The second-order valence-electron chi connectivity index (χ2n) is 7.47. The summed E-state index contributed by atoms with van der Waals surface area (Å²) in [6, 6.07) is 0. The lowest BCUT2D eigenvalue weighted by molar-refractivity contribution is -0.137. The molecule has 25 heavy (non-hydrogen) atoms. The molecule has 1 rings (SSSR count). The van der Waals surface area contributed by atoms with Crippen LogP contribution in [0.25, 0.3) is 0 Å². The Morgan fingerprint density at radius 3 is 2.24 bits per heavy atom. The molecule has 1 unspecified atom stereocenters. The lowest BCUT2D eigenvalue weighted by atomic mass is 9.99. The number of carbonyl (C=O) groups excluding carboxylic acids is 1. The number of nitrogens with zero attached hydrogens (tertiary/aromatic N) is 2. The maximum Gasteiger partial charge on any atom is 0.303 e. The van der Waals surface area contributed by atoms with E-state index in [1.54, 1.807) is 4.90 Å². The van der Waals surface area contributed by atoms with Gasteiger partial charge in [0.1, 0.15) is 0 Å². The molecule has 0 spiro atoms. The first-order valence-electron chi connectivity index (χ1n) is 8.55. The van der Waals surface area contributed by atoms with Crippen molar-refractivity contribution in [3.05, 3.63) is 0 Å². The van der Waals surface area contributed by atoms with E-state index in [1.807, 2.05) is 31.7 Å². The Balaban J connectivity index is 2.55. The second-order valence-corrected chi connectivity index (χ2v) is 11.2. The van der Waals surface area contributed by atoms with Crippen molar-refractivity contribution in [1.82, 2.24) is 9.57 Å². The summed E-state index contributed by atoms with van der Waals surface area (Å²) in [5, 5.41) is 8.64. The fourth-order valence-electron chi connectivity index (χ4n) is 2.46. The lowest BCUT2D eigenvalue weighted by Crippen LogP contribution is -2.47. The number of amides is 1. The van der Waals surface area contributed by atoms with E-state index in [-0.39, 0.29) is 24.2 Å². The highest BCUT2D eigenvalue weighted by Gasteiger charge is 2.35. The number of hydrogen-bond donors (Lipinski definition) is 1. The molecule has 0 saturated carbocycles. The van der Waals surface area contributed by atoms with E-state index < -0.39 is 13.5 Å². The Labute approximate surface area is 155 Å². The third kappa shape index (κ3) is 8.11. The van der Waals surface area contributed by atoms with Crippen LogP contribution in [0, 0.1) is 5.41 Å². The summed E-state index contributed by atoms with van der Waals surface area (Å²) in [5.41, 5.74) is 0.381. The molecular formula is C16H31N2O5PS. The van der Waals surface area contributed by atoms with Crippen LogP contribution in [-0.4, -0.2) is 71.1 Å². The van der Waals surface area contributed by atoms with E-state index in [1.165, 1.54) is 11.8 Å². The van der Waals surface area contributed by atoms with Gasteiger partial charge in [0, 0.05) is 39.0 Å². The minimum absolute atomic E-state index is 0.00920. The fourth-order valence-corrected chi connectivity index (χ4v) is 6.25. The van der Waals surface area contributed by atoms with Crippen LogP contribution in [-0.2, 0) is 18.7 Å². The molecule has 0 aromatic rings. The number of aliphatic carboxylic acids is 1. The Morgan fingerprint density at radius 1 is 1.16 bits per heavy atom. The molecule has 0 bridgehead atoms. The number of rotatable bonds is 9. The number of thioether (sulfide) groups is 1. The van der Waals surface area contributed by atoms with E-state index in [0.29, 0.717) is 44.7 Å². The van der Waals surface area contributed by atoms with Crippen molar-refractivity contribution in [3.8, 4) is 0 Å². The van der Waals surface area contributed by atoms with Crippen LogP contribution in [0.15, 0.2) is 0 Å². The van der Waals surface area contributed by atoms with Gasteiger partial charge in [-0.1, -0.05) is 20.8 Å². The quantitative estimate of drug-likeness (QED) is 0.602. The van der Waals surface area contributed by atoms with Gasteiger partial charge in [-0.15, -0.1) is 0 Å². The molecule has 1 atom stereocenters. The molecule has 0 aromatic carbocycles.